The highest BCUT2D eigenvalue weighted by Crippen LogP contribution is 2.37. The fourth-order valence-electron chi connectivity index (χ4n) is 4.47. The van der Waals surface area contributed by atoms with E-state index >= 15 is 0 Å². The van der Waals surface area contributed by atoms with Gasteiger partial charge in [-0.05, 0) is 37.3 Å². The van der Waals surface area contributed by atoms with Crippen molar-refractivity contribution in [3.63, 3.8) is 0 Å². The molecule has 3 aromatic rings. The molecular formula is C26H28BrN2O4+. The van der Waals surface area contributed by atoms with E-state index in [1.165, 1.54) is 0 Å². The van der Waals surface area contributed by atoms with Gasteiger partial charge in [-0.3, -0.25) is 4.90 Å². The summed E-state index contributed by atoms with van der Waals surface area (Å²) in [5.74, 6) is 1.16. The van der Waals surface area contributed by atoms with Crippen molar-refractivity contribution in [2.45, 2.75) is 19.1 Å². The van der Waals surface area contributed by atoms with Gasteiger partial charge in [0.05, 0.1) is 26.4 Å². The molecule has 3 aromatic carbocycles. The molecule has 1 unspecified atom stereocenters. The van der Waals surface area contributed by atoms with Crippen LogP contribution in [0.3, 0.4) is 0 Å². The van der Waals surface area contributed by atoms with Crippen LogP contribution in [0.25, 0.3) is 0 Å². The molecule has 172 valence electrons. The predicted octanol–water partition coefficient (Wildman–Crippen LogP) is 4.13. The quantitative estimate of drug-likeness (QED) is 0.467. The maximum atomic E-state index is 12.8. The van der Waals surface area contributed by atoms with Gasteiger partial charge < -0.3 is 19.5 Å². The van der Waals surface area contributed by atoms with Crippen molar-refractivity contribution in [1.82, 2.24) is 0 Å². The van der Waals surface area contributed by atoms with Crippen molar-refractivity contribution < 1.29 is 23.9 Å². The maximum absolute atomic E-state index is 12.8. The van der Waals surface area contributed by atoms with E-state index in [2.05, 4.69) is 45.5 Å². The fourth-order valence-corrected chi connectivity index (χ4v) is 4.85. The largest absolute Gasteiger partial charge is 0.497 e. The normalized spacial score (nSPS) is 19.2. The predicted molar refractivity (Wildman–Crippen MR) is 131 cm³/mol. The van der Waals surface area contributed by atoms with Gasteiger partial charge in [0.2, 0.25) is 0 Å². The van der Waals surface area contributed by atoms with E-state index < -0.39 is 0 Å². The van der Waals surface area contributed by atoms with Crippen LogP contribution in [0.15, 0.2) is 71.2 Å². The lowest BCUT2D eigenvalue weighted by atomic mass is 9.91. The van der Waals surface area contributed by atoms with Crippen molar-refractivity contribution >= 4 is 27.6 Å². The number of ether oxygens (including phenoxy) is 3. The van der Waals surface area contributed by atoms with E-state index in [4.69, 9.17) is 14.2 Å². The Balaban J connectivity index is 1.90. The standard InChI is InChI=1S/C26H27BrN2O4/c1-4-33-24(30)16-29-25(17-8-6-5-7-9-17)21-14-18(27)10-13-22(21)28-26(29)20-12-11-19(31-2)15-23(20)32-3/h5-15,25-26,28H,4,16H2,1-3H3/p+1/t25-,26+/m0/s1. The summed E-state index contributed by atoms with van der Waals surface area (Å²) in [6.07, 6.45) is -0.255. The molecule has 0 fully saturated rings. The first kappa shape index (κ1) is 23.1. The summed E-state index contributed by atoms with van der Waals surface area (Å²) in [5.41, 5.74) is 4.18. The second-order valence-corrected chi connectivity index (χ2v) is 8.73. The van der Waals surface area contributed by atoms with E-state index in [0.717, 1.165) is 31.8 Å². The molecule has 2 N–H and O–H groups in total. The van der Waals surface area contributed by atoms with Crippen LogP contribution in [0, 0.1) is 0 Å². The number of esters is 1. The Kier molecular flexibility index (Phi) is 7.20. The van der Waals surface area contributed by atoms with Gasteiger partial charge in [0.1, 0.15) is 17.5 Å². The van der Waals surface area contributed by atoms with Crippen LogP contribution in [0.4, 0.5) is 5.69 Å². The van der Waals surface area contributed by atoms with Gasteiger partial charge in [-0.15, -0.1) is 0 Å². The molecule has 0 bridgehead atoms. The monoisotopic (exact) mass is 511 g/mol. The summed E-state index contributed by atoms with van der Waals surface area (Å²) >= 11 is 3.62. The van der Waals surface area contributed by atoms with E-state index in [1.54, 1.807) is 14.2 Å². The molecule has 0 aromatic heterocycles. The highest BCUT2D eigenvalue weighted by molar-refractivity contribution is 9.10. The number of nitrogens with one attached hydrogen (secondary N) is 2. The molecule has 0 spiro atoms. The number of carbonyl (C=O) groups excluding carboxylic acids is 1. The third kappa shape index (κ3) is 4.84. The summed E-state index contributed by atoms with van der Waals surface area (Å²) in [4.78, 5) is 13.8. The van der Waals surface area contributed by atoms with Crippen molar-refractivity contribution in [3.05, 3.63) is 87.9 Å². The van der Waals surface area contributed by atoms with E-state index in [1.807, 2.05) is 49.4 Å². The summed E-state index contributed by atoms with van der Waals surface area (Å²) in [7, 11) is 3.27. The van der Waals surface area contributed by atoms with Crippen molar-refractivity contribution in [1.29, 1.82) is 0 Å². The minimum Gasteiger partial charge on any atom is -0.497 e. The van der Waals surface area contributed by atoms with E-state index in [9.17, 15) is 4.79 Å². The number of methoxy groups -OCH3 is 2. The molecule has 4 rings (SSSR count). The molecule has 0 radical (unpaired) electrons. The van der Waals surface area contributed by atoms with Crippen LogP contribution >= 0.6 is 15.9 Å². The van der Waals surface area contributed by atoms with Gasteiger partial charge in [0.25, 0.3) is 0 Å². The molecule has 3 atom stereocenters. The lowest BCUT2D eigenvalue weighted by Gasteiger charge is -2.41. The van der Waals surface area contributed by atoms with Gasteiger partial charge in [0.15, 0.2) is 12.7 Å². The fraction of sp³-hybridized carbons (Fsp3) is 0.269. The van der Waals surface area contributed by atoms with Gasteiger partial charge in [0, 0.05) is 27.4 Å². The number of carbonyl (C=O) groups is 1. The molecular weight excluding hydrogens is 484 g/mol. The first-order valence-electron chi connectivity index (χ1n) is 10.9. The summed E-state index contributed by atoms with van der Waals surface area (Å²) in [6, 6.07) is 22.2. The van der Waals surface area contributed by atoms with Crippen LogP contribution in [-0.2, 0) is 9.53 Å². The number of hydrogen-bond acceptors (Lipinski definition) is 5. The Hall–Kier alpha value is -3.03. The SMILES string of the molecule is CCOC(=O)C[NH+]1[C@@H](c2ccccc2)c2cc(Br)ccc2N[C@H]1c1ccc(OC)cc1OC. The molecule has 0 amide bonds. The zero-order valence-electron chi connectivity index (χ0n) is 18.9. The average Bonchev–Trinajstić information content (AvgIpc) is 2.84. The number of hydrogen-bond donors (Lipinski definition) is 2. The third-order valence-electron chi connectivity index (χ3n) is 5.90. The first-order valence-corrected chi connectivity index (χ1v) is 11.7. The number of fused-ring (bicyclic) bond motifs is 1. The highest BCUT2D eigenvalue weighted by Gasteiger charge is 2.42. The van der Waals surface area contributed by atoms with Crippen molar-refractivity contribution in [3.8, 4) is 11.5 Å². The molecule has 1 heterocycles. The Morgan fingerprint density at radius 1 is 1.00 bits per heavy atom. The van der Waals surface area contributed by atoms with Crippen molar-refractivity contribution in [2.24, 2.45) is 0 Å². The molecule has 6 nitrogen and oxygen atoms in total. The van der Waals surface area contributed by atoms with Gasteiger partial charge in [-0.25, -0.2) is 4.79 Å². The third-order valence-corrected chi connectivity index (χ3v) is 6.40. The Bertz CT molecular complexity index is 1120. The average molecular weight is 512 g/mol. The minimum atomic E-state index is -0.255. The van der Waals surface area contributed by atoms with Crippen molar-refractivity contribution in [2.75, 3.05) is 32.7 Å². The van der Waals surface area contributed by atoms with E-state index in [-0.39, 0.29) is 24.7 Å². The Morgan fingerprint density at radius 3 is 2.48 bits per heavy atom. The van der Waals surface area contributed by atoms with Crippen LogP contribution in [-0.4, -0.2) is 33.3 Å². The molecule has 7 heteroatoms. The van der Waals surface area contributed by atoms with Gasteiger partial charge >= 0.3 is 5.97 Å². The number of quaternary nitrogens is 1. The maximum Gasteiger partial charge on any atom is 0.361 e. The zero-order chi connectivity index (χ0) is 23.4. The summed E-state index contributed by atoms with van der Waals surface area (Å²) in [6.45, 7) is 2.35. The number of anilines is 1. The zero-order valence-corrected chi connectivity index (χ0v) is 20.5. The van der Waals surface area contributed by atoms with Gasteiger partial charge in [-0.1, -0.05) is 46.3 Å². The summed E-state index contributed by atoms with van der Waals surface area (Å²) < 4.78 is 17.5. The highest BCUT2D eigenvalue weighted by atomic mass is 79.9. The first-order chi connectivity index (χ1) is 16.0. The smallest absolute Gasteiger partial charge is 0.361 e. The Labute approximate surface area is 202 Å². The van der Waals surface area contributed by atoms with E-state index in [0.29, 0.717) is 18.1 Å². The molecule has 0 aliphatic carbocycles. The van der Waals surface area contributed by atoms with Crippen LogP contribution in [0.1, 0.15) is 35.8 Å². The van der Waals surface area contributed by atoms with Gasteiger partial charge in [-0.2, -0.15) is 0 Å². The number of benzene rings is 3. The molecule has 0 saturated heterocycles. The number of halogens is 1. The van der Waals surface area contributed by atoms with Crippen LogP contribution in [0.2, 0.25) is 0 Å². The number of rotatable bonds is 7. The lowest BCUT2D eigenvalue weighted by Crippen LogP contribution is -3.15. The second kappa shape index (κ2) is 10.3. The van der Waals surface area contributed by atoms with Crippen LogP contribution in [0.5, 0.6) is 11.5 Å². The topological polar surface area (TPSA) is 61.2 Å². The molecule has 1 aliphatic rings. The minimum absolute atomic E-state index is 0.0961. The molecule has 0 saturated carbocycles. The molecule has 33 heavy (non-hydrogen) atoms. The van der Waals surface area contributed by atoms with Crippen LogP contribution < -0.4 is 19.7 Å². The second-order valence-electron chi connectivity index (χ2n) is 7.82. The summed E-state index contributed by atoms with van der Waals surface area (Å²) in [5, 5.41) is 3.66. The Morgan fingerprint density at radius 2 is 1.79 bits per heavy atom. The molecule has 1 aliphatic heterocycles. The lowest BCUT2D eigenvalue weighted by molar-refractivity contribution is -0.947.